The first kappa shape index (κ1) is 20.0. The van der Waals surface area contributed by atoms with E-state index in [0.29, 0.717) is 11.1 Å². The van der Waals surface area contributed by atoms with E-state index in [4.69, 9.17) is 4.18 Å². The fourth-order valence-electron chi connectivity index (χ4n) is 2.67. The second-order valence-corrected chi connectivity index (χ2v) is 7.35. The van der Waals surface area contributed by atoms with Gasteiger partial charge in [-0.25, -0.2) is 4.79 Å². The third-order valence-corrected chi connectivity index (χ3v) is 5.30. The van der Waals surface area contributed by atoms with Gasteiger partial charge in [0.25, 0.3) is 5.69 Å². The number of rotatable bonds is 6. The predicted molar refractivity (Wildman–Crippen MR) is 104 cm³/mol. The van der Waals surface area contributed by atoms with E-state index in [1.165, 1.54) is 6.07 Å². The number of ether oxygens (including phenoxy) is 1. The SMILES string of the molecule is COC(=O)c1ccc(S(=O)(=O)Oc2ccccc2-c2ccccc2)c([N+](=O)[O-])c1. The summed E-state index contributed by atoms with van der Waals surface area (Å²) in [6.45, 7) is 0. The van der Waals surface area contributed by atoms with Gasteiger partial charge < -0.3 is 8.92 Å². The summed E-state index contributed by atoms with van der Waals surface area (Å²) in [5, 5.41) is 11.4. The van der Waals surface area contributed by atoms with E-state index in [2.05, 4.69) is 4.74 Å². The van der Waals surface area contributed by atoms with Crippen molar-refractivity contribution >= 4 is 21.8 Å². The van der Waals surface area contributed by atoms with Crippen molar-refractivity contribution in [3.05, 3.63) is 88.5 Å². The van der Waals surface area contributed by atoms with Crippen molar-refractivity contribution < 1.29 is 27.1 Å². The Labute approximate surface area is 166 Å². The molecule has 148 valence electrons. The Morgan fingerprint density at radius 2 is 1.62 bits per heavy atom. The molecule has 0 saturated heterocycles. The molecule has 0 aliphatic rings. The number of hydrogen-bond acceptors (Lipinski definition) is 7. The third kappa shape index (κ3) is 4.25. The summed E-state index contributed by atoms with van der Waals surface area (Å²) in [5.41, 5.74) is 0.285. The topological polar surface area (TPSA) is 113 Å². The molecule has 8 nitrogen and oxygen atoms in total. The van der Waals surface area contributed by atoms with E-state index < -0.39 is 31.6 Å². The Balaban J connectivity index is 2.06. The summed E-state index contributed by atoms with van der Waals surface area (Å²) in [7, 11) is -3.45. The molecule has 9 heteroatoms. The molecule has 0 radical (unpaired) electrons. The van der Waals surface area contributed by atoms with Crippen LogP contribution in [0.4, 0.5) is 5.69 Å². The molecule has 0 fully saturated rings. The number of carbonyl (C=O) groups excluding carboxylic acids is 1. The Morgan fingerprint density at radius 3 is 2.28 bits per heavy atom. The molecule has 0 bridgehead atoms. The Bertz CT molecular complexity index is 1170. The number of methoxy groups -OCH3 is 1. The average Bonchev–Trinajstić information content (AvgIpc) is 2.73. The normalized spacial score (nSPS) is 10.9. The number of nitro benzene ring substituents is 1. The number of hydrogen-bond donors (Lipinski definition) is 0. The molecule has 0 spiro atoms. The van der Waals surface area contributed by atoms with Gasteiger partial charge in [-0.2, -0.15) is 8.42 Å². The van der Waals surface area contributed by atoms with Crippen molar-refractivity contribution in [2.24, 2.45) is 0 Å². The van der Waals surface area contributed by atoms with Gasteiger partial charge in [-0.05, 0) is 23.8 Å². The zero-order chi connectivity index (χ0) is 21.0. The first-order valence-corrected chi connectivity index (χ1v) is 9.70. The van der Waals surface area contributed by atoms with Crippen molar-refractivity contribution in [2.45, 2.75) is 4.90 Å². The maximum absolute atomic E-state index is 12.8. The van der Waals surface area contributed by atoms with Crippen LogP contribution in [0, 0.1) is 10.1 Å². The maximum Gasteiger partial charge on any atom is 0.346 e. The van der Waals surface area contributed by atoms with Crippen LogP contribution < -0.4 is 4.18 Å². The molecule has 0 aliphatic carbocycles. The summed E-state index contributed by atoms with van der Waals surface area (Å²) >= 11 is 0. The quantitative estimate of drug-likeness (QED) is 0.261. The predicted octanol–water partition coefficient (Wildman–Crippen LogP) is 3.82. The van der Waals surface area contributed by atoms with Gasteiger partial charge in [0, 0.05) is 11.6 Å². The highest BCUT2D eigenvalue weighted by atomic mass is 32.2. The Hall–Kier alpha value is -3.72. The zero-order valence-electron chi connectivity index (χ0n) is 15.1. The van der Waals surface area contributed by atoms with Crippen molar-refractivity contribution in [1.82, 2.24) is 0 Å². The van der Waals surface area contributed by atoms with E-state index in [1.807, 2.05) is 6.07 Å². The standard InChI is InChI=1S/C20H15NO7S/c1-27-20(22)15-11-12-19(17(13-15)21(23)24)29(25,26)28-18-10-6-5-9-16(18)14-7-3-2-4-8-14/h2-13H,1H3. The van der Waals surface area contributed by atoms with Gasteiger partial charge in [0.1, 0.15) is 0 Å². The van der Waals surface area contributed by atoms with Crippen molar-refractivity contribution in [3.63, 3.8) is 0 Å². The molecule has 0 amide bonds. The van der Waals surface area contributed by atoms with Gasteiger partial charge in [-0.1, -0.05) is 48.5 Å². The molecular weight excluding hydrogens is 398 g/mol. The number of esters is 1. The highest BCUT2D eigenvalue weighted by Gasteiger charge is 2.30. The first-order chi connectivity index (χ1) is 13.8. The van der Waals surface area contributed by atoms with Crippen LogP contribution in [-0.4, -0.2) is 26.4 Å². The molecule has 3 rings (SSSR count). The van der Waals surface area contributed by atoms with Crippen LogP contribution in [0.5, 0.6) is 5.75 Å². The Kier molecular flexibility index (Phi) is 5.60. The minimum absolute atomic E-state index is 0.0186. The summed E-state index contributed by atoms with van der Waals surface area (Å²) in [4.78, 5) is 21.5. The molecule has 0 aromatic heterocycles. The lowest BCUT2D eigenvalue weighted by molar-refractivity contribution is -0.387. The van der Waals surface area contributed by atoms with E-state index >= 15 is 0 Å². The van der Waals surface area contributed by atoms with Crippen LogP contribution in [-0.2, 0) is 14.9 Å². The summed E-state index contributed by atoms with van der Waals surface area (Å²) < 4.78 is 35.4. The van der Waals surface area contributed by atoms with Crippen LogP contribution in [0.2, 0.25) is 0 Å². The fourth-order valence-corrected chi connectivity index (χ4v) is 3.77. The second kappa shape index (κ2) is 8.11. The van der Waals surface area contributed by atoms with E-state index in [-0.39, 0.29) is 11.3 Å². The summed E-state index contributed by atoms with van der Waals surface area (Å²) in [6.07, 6.45) is 0. The Morgan fingerprint density at radius 1 is 0.966 bits per heavy atom. The van der Waals surface area contributed by atoms with Gasteiger partial charge in [-0.15, -0.1) is 0 Å². The number of nitro groups is 1. The molecule has 3 aromatic rings. The van der Waals surface area contributed by atoms with Crippen LogP contribution in [0.1, 0.15) is 10.4 Å². The molecule has 0 N–H and O–H groups in total. The minimum Gasteiger partial charge on any atom is -0.465 e. The van der Waals surface area contributed by atoms with E-state index in [0.717, 1.165) is 25.3 Å². The molecule has 0 saturated carbocycles. The molecule has 0 atom stereocenters. The number of nitrogens with zero attached hydrogens (tertiary/aromatic N) is 1. The van der Waals surface area contributed by atoms with Crippen molar-refractivity contribution in [2.75, 3.05) is 7.11 Å². The first-order valence-electron chi connectivity index (χ1n) is 8.29. The lowest BCUT2D eigenvalue weighted by Crippen LogP contribution is -2.13. The molecule has 29 heavy (non-hydrogen) atoms. The van der Waals surface area contributed by atoms with Crippen molar-refractivity contribution in [1.29, 1.82) is 0 Å². The molecular formula is C20H15NO7S. The largest absolute Gasteiger partial charge is 0.465 e. The minimum atomic E-state index is -4.56. The average molecular weight is 413 g/mol. The zero-order valence-corrected chi connectivity index (χ0v) is 16.0. The van der Waals surface area contributed by atoms with Crippen LogP contribution in [0.25, 0.3) is 11.1 Å². The number of para-hydroxylation sites is 1. The summed E-state index contributed by atoms with van der Waals surface area (Å²) in [5.74, 6) is -0.808. The van der Waals surface area contributed by atoms with Crippen LogP contribution in [0.3, 0.4) is 0 Å². The van der Waals surface area contributed by atoms with E-state index in [1.54, 1.807) is 42.5 Å². The van der Waals surface area contributed by atoms with E-state index in [9.17, 15) is 23.3 Å². The fraction of sp³-hybridized carbons (Fsp3) is 0.0500. The smallest absolute Gasteiger partial charge is 0.346 e. The maximum atomic E-state index is 12.8. The summed E-state index contributed by atoms with van der Waals surface area (Å²) in [6, 6.07) is 18.3. The highest BCUT2D eigenvalue weighted by Crippen LogP contribution is 2.34. The van der Waals surface area contributed by atoms with Crippen molar-refractivity contribution in [3.8, 4) is 16.9 Å². The molecule has 0 heterocycles. The molecule has 0 unspecified atom stereocenters. The number of carbonyl (C=O) groups is 1. The van der Waals surface area contributed by atoms with Gasteiger partial charge >= 0.3 is 16.1 Å². The highest BCUT2D eigenvalue weighted by molar-refractivity contribution is 7.87. The lowest BCUT2D eigenvalue weighted by Gasteiger charge is -2.12. The third-order valence-electron chi connectivity index (χ3n) is 4.02. The van der Waals surface area contributed by atoms with Gasteiger partial charge in [0.2, 0.25) is 0 Å². The van der Waals surface area contributed by atoms with Gasteiger partial charge in [-0.3, -0.25) is 10.1 Å². The monoisotopic (exact) mass is 413 g/mol. The van der Waals surface area contributed by atoms with Gasteiger partial charge in [0.05, 0.1) is 17.6 Å². The van der Waals surface area contributed by atoms with Crippen LogP contribution >= 0.6 is 0 Å². The molecule has 0 aliphatic heterocycles. The number of benzene rings is 3. The van der Waals surface area contributed by atoms with Gasteiger partial charge in [0.15, 0.2) is 10.6 Å². The lowest BCUT2D eigenvalue weighted by atomic mass is 10.1. The molecule has 3 aromatic carbocycles. The van der Waals surface area contributed by atoms with Crippen LogP contribution in [0.15, 0.2) is 77.7 Å². The second-order valence-electron chi connectivity index (χ2n) is 5.83.